The van der Waals surface area contributed by atoms with Crippen molar-refractivity contribution in [2.45, 2.75) is 53.7 Å². The lowest BCUT2D eigenvalue weighted by Gasteiger charge is -2.38. The molecule has 10 nitrogen and oxygen atoms in total. The number of benzene rings is 2. The second kappa shape index (κ2) is 11.8. The molecule has 2 aromatic rings. The average molecular weight is 588 g/mol. The van der Waals surface area contributed by atoms with Gasteiger partial charge in [0.05, 0.1) is 22.0 Å². The summed E-state index contributed by atoms with van der Waals surface area (Å²) in [5.41, 5.74) is 0.155. The molecule has 3 N–H and O–H groups in total. The van der Waals surface area contributed by atoms with Crippen LogP contribution in [0.2, 0.25) is 5.02 Å². The third-order valence-electron chi connectivity index (χ3n) is 7.15. The van der Waals surface area contributed by atoms with Crippen molar-refractivity contribution in [1.82, 2.24) is 14.3 Å². The number of sulfonamides is 2. The maximum Gasteiger partial charge on any atom is 0.243 e. The van der Waals surface area contributed by atoms with Crippen LogP contribution in [0.3, 0.4) is 0 Å². The van der Waals surface area contributed by atoms with Crippen molar-refractivity contribution in [1.29, 1.82) is 0 Å². The predicted molar refractivity (Wildman–Crippen MR) is 143 cm³/mol. The molecule has 13 heteroatoms. The summed E-state index contributed by atoms with van der Waals surface area (Å²) in [6.45, 7) is 3.16. The van der Waals surface area contributed by atoms with E-state index in [1.54, 1.807) is 37.3 Å². The first-order valence-electron chi connectivity index (χ1n) is 12.4. The molecule has 2 saturated heterocycles. The molecule has 0 bridgehead atoms. The molecule has 0 aliphatic carbocycles. The Morgan fingerprint density at radius 3 is 2.61 bits per heavy atom. The Labute approximate surface area is 229 Å². The van der Waals surface area contributed by atoms with Crippen molar-refractivity contribution < 1.29 is 31.4 Å². The molecule has 0 radical (unpaired) electrons. The Morgan fingerprint density at radius 2 is 1.89 bits per heavy atom. The highest BCUT2D eigenvalue weighted by Gasteiger charge is 2.45. The molecule has 0 aromatic heterocycles. The van der Waals surface area contributed by atoms with Crippen LogP contribution in [0.15, 0.2) is 52.3 Å². The van der Waals surface area contributed by atoms with Gasteiger partial charge in [-0.25, -0.2) is 21.6 Å². The smallest absolute Gasteiger partial charge is 0.243 e. The molecule has 0 amide bonds. The third kappa shape index (κ3) is 6.50. The van der Waals surface area contributed by atoms with Gasteiger partial charge in [-0.05, 0) is 63.1 Å². The van der Waals surface area contributed by atoms with Gasteiger partial charge in [-0.1, -0.05) is 23.7 Å². The highest BCUT2D eigenvalue weighted by molar-refractivity contribution is 7.89. The van der Waals surface area contributed by atoms with Crippen molar-refractivity contribution in [2.75, 3.05) is 39.9 Å². The van der Waals surface area contributed by atoms with Crippen LogP contribution in [0.4, 0.5) is 0 Å². The summed E-state index contributed by atoms with van der Waals surface area (Å²) < 4.78 is 65.8. The molecule has 2 heterocycles. The number of nitrogens with zero attached hydrogens (tertiary/aromatic N) is 1. The second-order valence-electron chi connectivity index (χ2n) is 9.72. The summed E-state index contributed by atoms with van der Waals surface area (Å²) in [5.74, 6) is 0.346. The largest absolute Gasteiger partial charge is 0.491 e. The van der Waals surface area contributed by atoms with Gasteiger partial charge in [0.15, 0.2) is 0 Å². The number of hydrogen-bond acceptors (Lipinski definition) is 8. The fourth-order valence-electron chi connectivity index (χ4n) is 4.87. The number of hydrogen-bond donors (Lipinski definition) is 3. The summed E-state index contributed by atoms with van der Waals surface area (Å²) >= 11 is 6.14. The molecule has 2 atom stereocenters. The SMILES string of the molecule is CNS(=O)(=O)c1cccc(OCC(O)CNC2COC3(CCN(S(=O)(=O)c4cccc(Cl)c4C)CC3)C2)c1. The van der Waals surface area contributed by atoms with Crippen LogP contribution in [-0.4, -0.2) is 83.9 Å². The van der Waals surface area contributed by atoms with E-state index in [1.807, 2.05) is 0 Å². The van der Waals surface area contributed by atoms with Gasteiger partial charge >= 0.3 is 0 Å². The highest BCUT2D eigenvalue weighted by Crippen LogP contribution is 2.38. The van der Waals surface area contributed by atoms with Crippen LogP contribution in [0.25, 0.3) is 0 Å². The Kier molecular flexibility index (Phi) is 9.05. The lowest BCUT2D eigenvalue weighted by molar-refractivity contribution is -0.0312. The molecular formula is C25H34ClN3O7S2. The topological polar surface area (TPSA) is 134 Å². The first-order chi connectivity index (χ1) is 18.0. The molecule has 0 saturated carbocycles. The van der Waals surface area contributed by atoms with Gasteiger partial charge in [-0.2, -0.15) is 4.31 Å². The molecule has 2 unspecified atom stereocenters. The molecule has 4 rings (SSSR count). The van der Waals surface area contributed by atoms with E-state index in [2.05, 4.69) is 10.0 Å². The lowest BCUT2D eigenvalue weighted by atomic mass is 9.88. The predicted octanol–water partition coefficient (Wildman–Crippen LogP) is 1.90. The minimum Gasteiger partial charge on any atom is -0.491 e. The Morgan fingerprint density at radius 1 is 1.18 bits per heavy atom. The van der Waals surface area contributed by atoms with Crippen molar-refractivity contribution in [3.8, 4) is 5.75 Å². The zero-order valence-electron chi connectivity index (χ0n) is 21.4. The van der Waals surface area contributed by atoms with Crippen LogP contribution in [0.5, 0.6) is 5.75 Å². The second-order valence-corrected chi connectivity index (χ2v) is 13.9. The fourth-order valence-corrected chi connectivity index (χ4v) is 7.55. The van der Waals surface area contributed by atoms with E-state index in [-0.39, 0.29) is 29.0 Å². The summed E-state index contributed by atoms with van der Waals surface area (Å²) in [7, 11) is -5.89. The standard InChI is InChI=1S/C25H34ClN3O7S2/c1-18-23(26)7-4-8-24(18)38(33,34)29-11-9-25(10-12-29)14-19(16-36-25)28-15-20(30)17-35-21-5-3-6-22(13-21)37(31,32)27-2/h3-8,13,19-20,27-28,30H,9-12,14-17H2,1-2H3. The minimum atomic E-state index is -3.64. The van der Waals surface area contributed by atoms with E-state index >= 15 is 0 Å². The minimum absolute atomic E-state index is 0.00941. The summed E-state index contributed by atoms with van der Waals surface area (Å²) in [6, 6.07) is 11.0. The van der Waals surface area contributed by atoms with Crippen molar-refractivity contribution in [3.05, 3.63) is 53.1 Å². The van der Waals surface area contributed by atoms with E-state index in [1.165, 1.54) is 23.5 Å². The summed E-state index contributed by atoms with van der Waals surface area (Å²) in [6.07, 6.45) is 1.07. The van der Waals surface area contributed by atoms with E-state index in [4.69, 9.17) is 21.1 Å². The highest BCUT2D eigenvalue weighted by atomic mass is 35.5. The normalized spacial score (nSPS) is 21.0. The molecule has 210 valence electrons. The first kappa shape index (κ1) is 29.2. The molecule has 2 aliphatic heterocycles. The third-order valence-corrected chi connectivity index (χ3v) is 11.0. The average Bonchev–Trinajstić information content (AvgIpc) is 3.30. The fraction of sp³-hybridized carbons (Fsp3) is 0.520. The molecule has 38 heavy (non-hydrogen) atoms. The van der Waals surface area contributed by atoms with Gasteiger partial charge < -0.3 is 19.9 Å². The van der Waals surface area contributed by atoms with Crippen LogP contribution < -0.4 is 14.8 Å². The summed E-state index contributed by atoms with van der Waals surface area (Å²) in [4.78, 5) is 0.319. The number of ether oxygens (including phenoxy) is 2. The first-order valence-corrected chi connectivity index (χ1v) is 15.7. The quantitative estimate of drug-likeness (QED) is 0.384. The van der Waals surface area contributed by atoms with Crippen LogP contribution in [-0.2, 0) is 24.8 Å². The van der Waals surface area contributed by atoms with Crippen molar-refractivity contribution >= 4 is 31.6 Å². The maximum absolute atomic E-state index is 13.2. The van der Waals surface area contributed by atoms with E-state index in [0.29, 0.717) is 55.3 Å². The number of halogens is 1. The molecule has 2 fully saturated rings. The number of piperidine rings is 1. The van der Waals surface area contributed by atoms with Gasteiger partial charge in [-0.15, -0.1) is 0 Å². The van der Waals surface area contributed by atoms with Crippen LogP contribution in [0.1, 0.15) is 24.8 Å². The monoisotopic (exact) mass is 587 g/mol. The zero-order valence-corrected chi connectivity index (χ0v) is 23.8. The number of aliphatic hydroxyl groups excluding tert-OH is 1. The molecular weight excluding hydrogens is 554 g/mol. The Hall–Kier alpha value is -1.77. The van der Waals surface area contributed by atoms with Crippen LogP contribution in [0, 0.1) is 6.92 Å². The zero-order chi connectivity index (χ0) is 27.6. The Bertz CT molecular complexity index is 1350. The van der Waals surface area contributed by atoms with E-state index in [9.17, 15) is 21.9 Å². The number of nitrogens with one attached hydrogen (secondary N) is 2. The van der Waals surface area contributed by atoms with Crippen molar-refractivity contribution in [2.24, 2.45) is 0 Å². The number of rotatable bonds is 10. The molecule has 1 spiro atoms. The number of aliphatic hydroxyl groups is 1. The Balaban J connectivity index is 1.24. The van der Waals surface area contributed by atoms with E-state index < -0.39 is 31.8 Å². The maximum atomic E-state index is 13.2. The van der Waals surface area contributed by atoms with Crippen molar-refractivity contribution in [3.63, 3.8) is 0 Å². The van der Waals surface area contributed by atoms with Gasteiger partial charge in [0, 0.05) is 36.8 Å². The van der Waals surface area contributed by atoms with Gasteiger partial charge in [0.1, 0.15) is 18.5 Å². The van der Waals surface area contributed by atoms with Gasteiger partial charge in [-0.3, -0.25) is 0 Å². The summed E-state index contributed by atoms with van der Waals surface area (Å²) in [5, 5.41) is 14.1. The lowest BCUT2D eigenvalue weighted by Crippen LogP contribution is -2.47. The van der Waals surface area contributed by atoms with Gasteiger partial charge in [0.2, 0.25) is 20.0 Å². The molecule has 2 aromatic carbocycles. The van der Waals surface area contributed by atoms with Crippen LogP contribution >= 0.6 is 11.6 Å². The van der Waals surface area contributed by atoms with E-state index in [0.717, 1.165) is 0 Å². The molecule has 2 aliphatic rings. The van der Waals surface area contributed by atoms with Gasteiger partial charge in [0.25, 0.3) is 0 Å².